The number of sulfone groups is 1. The molecule has 0 saturated carbocycles. The topological polar surface area (TPSA) is 93.9 Å². The summed E-state index contributed by atoms with van der Waals surface area (Å²) in [6.07, 6.45) is 0.557. The lowest BCUT2D eigenvalue weighted by Gasteiger charge is -2.16. The van der Waals surface area contributed by atoms with E-state index in [1.54, 1.807) is 34.9 Å². The summed E-state index contributed by atoms with van der Waals surface area (Å²) in [5.41, 5.74) is 2.46. The zero-order chi connectivity index (χ0) is 24.8. The van der Waals surface area contributed by atoms with Gasteiger partial charge in [0.05, 0.1) is 10.1 Å². The summed E-state index contributed by atoms with van der Waals surface area (Å²) in [5.74, 6) is -0.171. The minimum absolute atomic E-state index is 0.145. The Morgan fingerprint density at radius 2 is 1.57 bits per heavy atom. The van der Waals surface area contributed by atoms with Crippen LogP contribution in [0, 0.1) is 6.92 Å². The van der Waals surface area contributed by atoms with Gasteiger partial charge in [0.25, 0.3) is 0 Å². The van der Waals surface area contributed by atoms with Crippen LogP contribution in [-0.2, 0) is 20.4 Å². The number of hydrogen-bond acceptors (Lipinski definition) is 6. The minimum Gasteiger partial charge on any atom is -0.325 e. The number of aryl methyl sites for hydroxylation is 1. The van der Waals surface area contributed by atoms with Crippen LogP contribution in [0.3, 0.4) is 0 Å². The van der Waals surface area contributed by atoms with E-state index in [-0.39, 0.29) is 22.4 Å². The van der Waals surface area contributed by atoms with Crippen molar-refractivity contribution in [1.29, 1.82) is 0 Å². The van der Waals surface area contributed by atoms with Crippen LogP contribution in [0.15, 0.2) is 95.0 Å². The van der Waals surface area contributed by atoms with Crippen LogP contribution >= 0.6 is 11.8 Å². The van der Waals surface area contributed by atoms with Crippen LogP contribution in [0.5, 0.6) is 0 Å². The molecule has 4 aromatic rings. The van der Waals surface area contributed by atoms with Crippen LogP contribution in [0.4, 0.5) is 5.69 Å². The van der Waals surface area contributed by atoms with Crippen molar-refractivity contribution in [2.75, 3.05) is 5.32 Å². The minimum atomic E-state index is -3.64. The fourth-order valence-electron chi connectivity index (χ4n) is 3.56. The molecule has 3 aromatic carbocycles. The van der Waals surface area contributed by atoms with Gasteiger partial charge < -0.3 is 5.32 Å². The van der Waals surface area contributed by atoms with Gasteiger partial charge in [-0.1, -0.05) is 73.3 Å². The standard InChI is InChI=1S/C26H26N4O3S2/c1-3-23(25(31)27-22-17-11-10-12-19(22)2)34-26-29-28-24(30(26)20-13-6-4-7-14-20)18-35(32,33)21-15-8-5-9-16-21/h4-17,23H,3,18H2,1-2H3,(H,27,31). The number of benzene rings is 3. The smallest absolute Gasteiger partial charge is 0.237 e. The van der Waals surface area contributed by atoms with E-state index < -0.39 is 15.1 Å². The van der Waals surface area contributed by atoms with Crippen molar-refractivity contribution in [1.82, 2.24) is 14.8 Å². The highest BCUT2D eigenvalue weighted by atomic mass is 32.2. The molecular weight excluding hydrogens is 480 g/mol. The van der Waals surface area contributed by atoms with Crippen LogP contribution < -0.4 is 5.32 Å². The number of nitrogens with zero attached hydrogens (tertiary/aromatic N) is 3. The molecule has 1 atom stereocenters. The lowest BCUT2D eigenvalue weighted by atomic mass is 10.2. The van der Waals surface area contributed by atoms with E-state index in [4.69, 9.17) is 0 Å². The number of carbonyl (C=O) groups excluding carboxylic acids is 1. The molecule has 1 unspecified atom stereocenters. The summed E-state index contributed by atoms with van der Waals surface area (Å²) in [7, 11) is -3.64. The first-order valence-corrected chi connectivity index (χ1v) is 13.7. The second kappa shape index (κ2) is 10.9. The van der Waals surface area contributed by atoms with Crippen LogP contribution in [0.25, 0.3) is 5.69 Å². The molecule has 180 valence electrons. The van der Waals surface area contributed by atoms with Crippen molar-refractivity contribution in [3.63, 3.8) is 0 Å². The van der Waals surface area contributed by atoms with Gasteiger partial charge >= 0.3 is 0 Å². The fourth-order valence-corrected chi connectivity index (χ4v) is 5.82. The molecule has 0 radical (unpaired) electrons. The first-order chi connectivity index (χ1) is 16.9. The molecule has 0 saturated heterocycles. The second-order valence-electron chi connectivity index (χ2n) is 7.96. The Balaban J connectivity index is 1.65. The van der Waals surface area contributed by atoms with Gasteiger partial charge in [0.15, 0.2) is 20.8 Å². The van der Waals surface area contributed by atoms with E-state index in [1.165, 1.54) is 11.8 Å². The molecular formula is C26H26N4O3S2. The lowest BCUT2D eigenvalue weighted by molar-refractivity contribution is -0.115. The van der Waals surface area contributed by atoms with Gasteiger partial charge in [0.1, 0.15) is 5.75 Å². The monoisotopic (exact) mass is 506 g/mol. The molecule has 9 heteroatoms. The Bertz CT molecular complexity index is 1410. The van der Waals surface area contributed by atoms with Crippen LogP contribution in [-0.4, -0.2) is 34.3 Å². The molecule has 1 N–H and O–H groups in total. The molecule has 0 aliphatic rings. The predicted molar refractivity (Wildman–Crippen MR) is 138 cm³/mol. The number of amides is 1. The Morgan fingerprint density at radius 3 is 2.23 bits per heavy atom. The number of anilines is 1. The summed E-state index contributed by atoms with van der Waals surface area (Å²) < 4.78 is 27.8. The molecule has 1 aromatic heterocycles. The maximum Gasteiger partial charge on any atom is 0.237 e. The van der Waals surface area contributed by atoms with E-state index >= 15 is 0 Å². The lowest BCUT2D eigenvalue weighted by Crippen LogP contribution is -2.25. The van der Waals surface area contributed by atoms with Gasteiger partial charge in [-0.25, -0.2) is 8.42 Å². The Hall–Kier alpha value is -3.43. The van der Waals surface area contributed by atoms with Gasteiger partial charge in [0.2, 0.25) is 5.91 Å². The first-order valence-electron chi connectivity index (χ1n) is 11.2. The molecule has 7 nitrogen and oxygen atoms in total. The number of rotatable bonds is 9. The van der Waals surface area contributed by atoms with Crippen molar-refractivity contribution in [3.8, 4) is 5.69 Å². The van der Waals surface area contributed by atoms with E-state index in [2.05, 4.69) is 15.5 Å². The Labute approximate surface area is 209 Å². The third-order valence-corrected chi connectivity index (χ3v) is 8.39. The van der Waals surface area contributed by atoms with E-state index in [0.29, 0.717) is 11.6 Å². The first kappa shape index (κ1) is 24.7. The zero-order valence-corrected chi connectivity index (χ0v) is 21.1. The van der Waals surface area contributed by atoms with Crippen molar-refractivity contribution in [2.24, 2.45) is 0 Å². The molecule has 0 bridgehead atoms. The highest BCUT2D eigenvalue weighted by Crippen LogP contribution is 2.30. The van der Waals surface area contributed by atoms with Crippen molar-refractivity contribution in [3.05, 3.63) is 96.3 Å². The maximum atomic E-state index is 13.1. The third-order valence-electron chi connectivity index (χ3n) is 5.45. The summed E-state index contributed by atoms with van der Waals surface area (Å²) in [5, 5.41) is 11.5. The zero-order valence-electron chi connectivity index (χ0n) is 19.5. The molecule has 1 amide bonds. The van der Waals surface area contributed by atoms with E-state index in [1.807, 2.05) is 68.4 Å². The number of para-hydroxylation sites is 2. The van der Waals surface area contributed by atoms with Gasteiger partial charge in [0, 0.05) is 11.4 Å². The molecule has 0 spiro atoms. The number of thioether (sulfide) groups is 1. The molecule has 0 aliphatic carbocycles. The second-order valence-corrected chi connectivity index (χ2v) is 11.1. The van der Waals surface area contributed by atoms with Gasteiger partial charge in [-0.05, 0) is 49.2 Å². The van der Waals surface area contributed by atoms with Gasteiger partial charge in [-0.3, -0.25) is 9.36 Å². The predicted octanol–water partition coefficient (Wildman–Crippen LogP) is 5.06. The normalized spacial score (nSPS) is 12.3. The SMILES string of the molecule is CCC(Sc1nnc(CS(=O)(=O)c2ccccc2)n1-c1ccccc1)C(=O)Nc1ccccc1C. The summed E-state index contributed by atoms with van der Waals surface area (Å²) in [6.45, 7) is 3.87. The highest BCUT2D eigenvalue weighted by molar-refractivity contribution is 8.00. The number of aromatic nitrogens is 3. The number of carbonyl (C=O) groups is 1. The van der Waals surface area contributed by atoms with E-state index in [9.17, 15) is 13.2 Å². The molecule has 35 heavy (non-hydrogen) atoms. The van der Waals surface area contributed by atoms with Crippen LogP contribution in [0.2, 0.25) is 0 Å². The summed E-state index contributed by atoms with van der Waals surface area (Å²) in [4.78, 5) is 13.3. The Morgan fingerprint density at radius 1 is 0.943 bits per heavy atom. The average molecular weight is 507 g/mol. The van der Waals surface area contributed by atoms with Crippen molar-refractivity contribution in [2.45, 2.75) is 41.3 Å². The largest absolute Gasteiger partial charge is 0.325 e. The Kier molecular flexibility index (Phi) is 7.67. The van der Waals surface area contributed by atoms with Crippen molar-refractivity contribution >= 4 is 33.2 Å². The number of nitrogens with one attached hydrogen (secondary N) is 1. The fraction of sp³-hybridized carbons (Fsp3) is 0.192. The molecule has 1 heterocycles. The maximum absolute atomic E-state index is 13.1. The summed E-state index contributed by atoms with van der Waals surface area (Å²) in [6, 6.07) is 25.2. The molecule has 0 aliphatic heterocycles. The molecule has 0 fully saturated rings. The van der Waals surface area contributed by atoms with E-state index in [0.717, 1.165) is 16.9 Å². The average Bonchev–Trinajstić information content (AvgIpc) is 3.26. The molecule has 4 rings (SSSR count). The van der Waals surface area contributed by atoms with Gasteiger partial charge in [-0.15, -0.1) is 10.2 Å². The summed E-state index contributed by atoms with van der Waals surface area (Å²) >= 11 is 1.27. The number of hydrogen-bond donors (Lipinski definition) is 1. The highest BCUT2D eigenvalue weighted by Gasteiger charge is 2.26. The van der Waals surface area contributed by atoms with Crippen molar-refractivity contribution < 1.29 is 13.2 Å². The van der Waals surface area contributed by atoms with Crippen LogP contribution in [0.1, 0.15) is 24.7 Å². The van der Waals surface area contributed by atoms with Gasteiger partial charge in [-0.2, -0.15) is 0 Å². The third kappa shape index (κ3) is 5.80. The quantitative estimate of drug-likeness (QED) is 0.319.